The van der Waals surface area contributed by atoms with Crippen molar-refractivity contribution in [2.24, 2.45) is 21.5 Å². The number of hydrogen-bond donors (Lipinski definition) is 3. The van der Waals surface area contributed by atoms with E-state index in [0.717, 1.165) is 6.42 Å². The first-order chi connectivity index (χ1) is 12.0. The van der Waals surface area contributed by atoms with Gasteiger partial charge in [-0.05, 0) is 31.2 Å². The normalized spacial score (nSPS) is 14.4. The molecule has 0 saturated heterocycles. The molecule has 0 spiro atoms. The molecule has 1 heterocycles. The molecule has 1 aromatic heterocycles. The van der Waals surface area contributed by atoms with Crippen LogP contribution in [0.15, 0.2) is 22.5 Å². The molecule has 0 fully saturated rings. The molecule has 0 bridgehead atoms. The predicted octanol–water partition coefficient (Wildman–Crippen LogP) is -2.53. The van der Waals surface area contributed by atoms with Crippen LogP contribution in [0.2, 0.25) is 0 Å². The van der Waals surface area contributed by atoms with Gasteiger partial charge in [0.15, 0.2) is 0 Å². The Balaban J connectivity index is 0.00000625. The van der Waals surface area contributed by atoms with Crippen LogP contribution < -0.4 is 21.7 Å². The molecule has 1 radical (unpaired) electrons. The number of unbranched alkanes of at least 4 members (excludes halogenated alkanes) is 1. The number of aliphatic imine (C=N–C) groups is 2. The minimum absolute atomic E-state index is 0. The summed E-state index contributed by atoms with van der Waals surface area (Å²) in [5, 5.41) is 24.3. The predicted molar refractivity (Wildman–Crippen MR) is 88.7 cm³/mol. The number of H-pyrrole nitrogens is 1. The maximum absolute atomic E-state index is 12.2. The van der Waals surface area contributed by atoms with E-state index in [9.17, 15) is 15.0 Å². The first-order valence-electron chi connectivity index (χ1n) is 7.93. The van der Waals surface area contributed by atoms with Crippen LogP contribution in [0.3, 0.4) is 0 Å². The number of aromatic nitrogens is 2. The number of methoxy groups -OCH3 is 1. The number of nitrogens with two attached hydrogens (primary N) is 2. The molecule has 0 aliphatic heterocycles. The van der Waals surface area contributed by atoms with E-state index in [1.54, 1.807) is 0 Å². The molecule has 149 valence electrons. The van der Waals surface area contributed by atoms with E-state index in [4.69, 9.17) is 11.5 Å². The molecule has 11 heteroatoms. The smallest absolute Gasteiger partial charge is 0.861 e. The van der Waals surface area contributed by atoms with Crippen LogP contribution >= 0.6 is 0 Å². The summed E-state index contributed by atoms with van der Waals surface area (Å²) in [6, 6.07) is -1.87. The van der Waals surface area contributed by atoms with Crippen molar-refractivity contribution in [3.05, 3.63) is 18.2 Å². The average Bonchev–Trinajstić information content (AvgIpc) is 3.11. The van der Waals surface area contributed by atoms with Gasteiger partial charge in [-0.3, -0.25) is 14.8 Å². The van der Waals surface area contributed by atoms with Gasteiger partial charge in [0, 0.05) is 24.4 Å². The van der Waals surface area contributed by atoms with Gasteiger partial charge in [0.25, 0.3) is 0 Å². The molecule has 1 rings (SSSR count). The van der Waals surface area contributed by atoms with Crippen LogP contribution in [0, 0.1) is 0 Å². The molecule has 0 amide bonds. The van der Waals surface area contributed by atoms with Crippen LogP contribution in [0.1, 0.15) is 25.0 Å². The molecular weight excluding hydrogens is 392 g/mol. The zero-order valence-electron chi connectivity index (χ0n) is 14.5. The molecular formula is C15H24CuN6O4. The van der Waals surface area contributed by atoms with Crippen molar-refractivity contribution in [2.75, 3.05) is 20.2 Å². The number of nitrogens with zero attached hydrogens (tertiary/aromatic N) is 3. The minimum atomic E-state index is -1.07. The number of esters is 1. The molecule has 0 aliphatic carbocycles. The third kappa shape index (κ3) is 8.95. The van der Waals surface area contributed by atoms with Gasteiger partial charge < -0.3 is 31.4 Å². The maximum Gasteiger partial charge on any atom is 2.00 e. The van der Waals surface area contributed by atoms with Crippen molar-refractivity contribution in [3.63, 3.8) is 0 Å². The first-order valence-corrected chi connectivity index (χ1v) is 7.93. The number of imidazole rings is 1. The first kappa shape index (κ1) is 24.1. The summed E-state index contributed by atoms with van der Waals surface area (Å²) in [6.07, 6.45) is 4.95. The van der Waals surface area contributed by atoms with Gasteiger partial charge >= 0.3 is 23.0 Å². The Labute approximate surface area is 162 Å². The average molecular weight is 416 g/mol. The van der Waals surface area contributed by atoms with Crippen LogP contribution in [-0.4, -0.2) is 60.0 Å². The molecule has 0 saturated carbocycles. The van der Waals surface area contributed by atoms with E-state index in [2.05, 4.69) is 24.7 Å². The van der Waals surface area contributed by atoms with Gasteiger partial charge in [-0.25, -0.2) is 4.98 Å². The van der Waals surface area contributed by atoms with E-state index in [1.807, 2.05) is 0 Å². The van der Waals surface area contributed by atoms with Gasteiger partial charge in [-0.2, -0.15) is 0 Å². The monoisotopic (exact) mass is 415 g/mol. The fraction of sp³-hybridized carbons (Fsp3) is 0.600. The van der Waals surface area contributed by atoms with Crippen molar-refractivity contribution < 1.29 is 36.8 Å². The van der Waals surface area contributed by atoms with Crippen LogP contribution in [0.5, 0.6) is 0 Å². The summed E-state index contributed by atoms with van der Waals surface area (Å²) in [6.45, 7) is 0.0898. The quantitative estimate of drug-likeness (QED) is 0.117. The second kappa shape index (κ2) is 13.3. The van der Waals surface area contributed by atoms with Crippen molar-refractivity contribution in [1.29, 1.82) is 0 Å². The number of rotatable bonds is 11. The van der Waals surface area contributed by atoms with Crippen molar-refractivity contribution in [3.8, 4) is 0 Å². The minimum Gasteiger partial charge on any atom is -0.861 e. The summed E-state index contributed by atoms with van der Waals surface area (Å²) in [5.41, 5.74) is 11.8. The fourth-order valence-electron chi connectivity index (χ4n) is 1.99. The van der Waals surface area contributed by atoms with Crippen LogP contribution in [0.4, 0.5) is 0 Å². The van der Waals surface area contributed by atoms with Gasteiger partial charge in [-0.1, -0.05) is 6.42 Å². The largest absolute Gasteiger partial charge is 2.00 e. The van der Waals surface area contributed by atoms with Gasteiger partial charge in [-0.15, -0.1) is 0 Å². The zero-order chi connectivity index (χ0) is 18.7. The van der Waals surface area contributed by atoms with Crippen molar-refractivity contribution in [1.82, 2.24) is 9.97 Å². The molecule has 0 unspecified atom stereocenters. The Hall–Kier alpha value is -1.94. The topological polar surface area (TPSA) is 178 Å². The Morgan fingerprint density at radius 2 is 2.12 bits per heavy atom. The van der Waals surface area contributed by atoms with E-state index < -0.39 is 36.4 Å². The summed E-state index contributed by atoms with van der Waals surface area (Å²) < 4.78 is 4.43. The standard InChI is InChI=1S/C15H26N6O4.Cu/c1-25-13(22)8-19-15(24)12(6-10-7-18-9-20-10)21-14(23)11(17)4-2-3-5-16;/h7,9,11-12H,2-6,8,16-17H2,1H3,(H,18,20)(H,19,24)(H,21,23);/q;+2/p-2/t11-,12-;/m0./s1. The second-order valence-corrected chi connectivity index (χ2v) is 5.39. The molecule has 0 aliphatic rings. The number of nitrogens with one attached hydrogen (secondary N) is 1. The number of carbonyl (C=O) groups is 1. The van der Waals surface area contributed by atoms with Crippen LogP contribution in [-0.2, 0) is 33.0 Å². The van der Waals surface area contributed by atoms with E-state index in [0.29, 0.717) is 25.1 Å². The van der Waals surface area contributed by atoms with Crippen molar-refractivity contribution >= 4 is 17.8 Å². The third-order valence-electron chi connectivity index (χ3n) is 3.41. The summed E-state index contributed by atoms with van der Waals surface area (Å²) in [7, 11) is 1.19. The van der Waals surface area contributed by atoms with Gasteiger partial charge in [0.2, 0.25) is 0 Å². The van der Waals surface area contributed by atoms with E-state index in [1.165, 1.54) is 19.6 Å². The summed E-state index contributed by atoms with van der Waals surface area (Å²) in [5.74, 6) is -1.93. The van der Waals surface area contributed by atoms with Gasteiger partial charge in [0.05, 0.1) is 19.5 Å². The summed E-state index contributed by atoms with van der Waals surface area (Å²) in [4.78, 5) is 25.3. The van der Waals surface area contributed by atoms with Gasteiger partial charge in [0.1, 0.15) is 6.54 Å². The molecule has 2 atom stereocenters. The molecule has 0 aromatic carbocycles. The Bertz CT molecular complexity index is 579. The Morgan fingerprint density at radius 1 is 1.38 bits per heavy atom. The fourth-order valence-corrected chi connectivity index (χ4v) is 1.99. The number of hydrogen-bond acceptors (Lipinski definition) is 9. The Kier molecular flexibility index (Phi) is 12.3. The second-order valence-electron chi connectivity index (χ2n) is 5.39. The Morgan fingerprint density at radius 3 is 2.69 bits per heavy atom. The maximum atomic E-state index is 12.2. The number of ether oxygens (including phenoxy) is 1. The molecule has 10 nitrogen and oxygen atoms in total. The van der Waals surface area contributed by atoms with Crippen molar-refractivity contribution in [2.45, 2.75) is 37.8 Å². The van der Waals surface area contributed by atoms with E-state index >= 15 is 0 Å². The van der Waals surface area contributed by atoms with Crippen LogP contribution in [0.25, 0.3) is 0 Å². The third-order valence-corrected chi connectivity index (χ3v) is 3.41. The molecule has 1 aromatic rings. The zero-order valence-corrected chi connectivity index (χ0v) is 15.4. The van der Waals surface area contributed by atoms with E-state index in [-0.39, 0.29) is 23.5 Å². The SMILES string of the molecule is COC(=O)CN=C([O-])[C@H](Cc1cnc[nH]1)N=C([O-])[C@@H](N)CCCCN.[Cu+2]. The summed E-state index contributed by atoms with van der Waals surface area (Å²) >= 11 is 0. The number of carbonyl (C=O) groups excluding carboxylic acids is 1. The number of aromatic amines is 1. The molecule has 5 N–H and O–H groups in total. The molecule has 26 heavy (non-hydrogen) atoms.